The SMILES string of the molecule is CCCCCCC1(C(=O)O)CCCCC1. The van der Waals surface area contributed by atoms with E-state index in [1.165, 1.54) is 25.7 Å². The van der Waals surface area contributed by atoms with Crippen molar-refractivity contribution in [2.45, 2.75) is 71.1 Å². The van der Waals surface area contributed by atoms with Gasteiger partial charge in [0.2, 0.25) is 0 Å². The second-order valence-corrected chi connectivity index (χ2v) is 4.96. The molecular formula is C13H24O2. The number of hydrogen-bond donors (Lipinski definition) is 1. The summed E-state index contributed by atoms with van der Waals surface area (Å²) in [7, 11) is 0. The molecule has 1 aliphatic carbocycles. The quantitative estimate of drug-likeness (QED) is 0.676. The fourth-order valence-corrected chi connectivity index (χ4v) is 2.69. The lowest BCUT2D eigenvalue weighted by molar-refractivity contribution is -0.151. The molecule has 0 unspecified atom stereocenters. The van der Waals surface area contributed by atoms with Crippen LogP contribution in [0.1, 0.15) is 71.1 Å². The van der Waals surface area contributed by atoms with E-state index in [-0.39, 0.29) is 5.41 Å². The van der Waals surface area contributed by atoms with Crippen molar-refractivity contribution in [3.8, 4) is 0 Å². The normalized spacial score (nSPS) is 20.1. The van der Waals surface area contributed by atoms with Crippen LogP contribution in [0.2, 0.25) is 0 Å². The molecule has 1 saturated carbocycles. The lowest BCUT2D eigenvalue weighted by Crippen LogP contribution is -2.33. The molecule has 1 rings (SSSR count). The van der Waals surface area contributed by atoms with Gasteiger partial charge in [-0.2, -0.15) is 0 Å². The van der Waals surface area contributed by atoms with Gasteiger partial charge in [0.25, 0.3) is 0 Å². The van der Waals surface area contributed by atoms with Crippen molar-refractivity contribution in [1.82, 2.24) is 0 Å². The van der Waals surface area contributed by atoms with E-state index in [1.54, 1.807) is 0 Å². The first-order valence-corrected chi connectivity index (χ1v) is 6.45. The Labute approximate surface area is 93.1 Å². The molecule has 1 aliphatic rings. The van der Waals surface area contributed by atoms with Crippen molar-refractivity contribution < 1.29 is 9.90 Å². The third kappa shape index (κ3) is 3.51. The summed E-state index contributed by atoms with van der Waals surface area (Å²) < 4.78 is 0. The van der Waals surface area contributed by atoms with E-state index in [0.717, 1.165) is 38.5 Å². The fourth-order valence-electron chi connectivity index (χ4n) is 2.69. The summed E-state index contributed by atoms with van der Waals surface area (Å²) in [6.45, 7) is 2.19. The first kappa shape index (κ1) is 12.5. The van der Waals surface area contributed by atoms with Crippen molar-refractivity contribution in [2.75, 3.05) is 0 Å². The minimum Gasteiger partial charge on any atom is -0.481 e. The van der Waals surface area contributed by atoms with Crippen molar-refractivity contribution in [1.29, 1.82) is 0 Å². The summed E-state index contributed by atoms with van der Waals surface area (Å²) in [4.78, 5) is 11.3. The van der Waals surface area contributed by atoms with Crippen LogP contribution < -0.4 is 0 Å². The predicted octanol–water partition coefficient (Wildman–Crippen LogP) is 3.99. The van der Waals surface area contributed by atoms with Crippen LogP contribution in [0.25, 0.3) is 0 Å². The van der Waals surface area contributed by atoms with Crippen molar-refractivity contribution in [2.24, 2.45) is 5.41 Å². The van der Waals surface area contributed by atoms with E-state index >= 15 is 0 Å². The number of carbonyl (C=O) groups is 1. The molecule has 0 aliphatic heterocycles. The van der Waals surface area contributed by atoms with Gasteiger partial charge in [0, 0.05) is 0 Å². The van der Waals surface area contributed by atoms with Gasteiger partial charge in [0.05, 0.1) is 5.41 Å². The second kappa shape index (κ2) is 6.14. The van der Waals surface area contributed by atoms with Crippen LogP contribution in [0.5, 0.6) is 0 Å². The summed E-state index contributed by atoms with van der Waals surface area (Å²) >= 11 is 0. The van der Waals surface area contributed by atoms with Crippen molar-refractivity contribution in [3.05, 3.63) is 0 Å². The highest BCUT2D eigenvalue weighted by molar-refractivity contribution is 5.74. The first-order valence-electron chi connectivity index (χ1n) is 6.45. The Morgan fingerprint density at radius 3 is 2.33 bits per heavy atom. The van der Waals surface area contributed by atoms with Crippen LogP contribution in [0, 0.1) is 5.41 Å². The van der Waals surface area contributed by atoms with E-state index in [2.05, 4.69) is 6.92 Å². The van der Waals surface area contributed by atoms with E-state index in [1.807, 2.05) is 0 Å². The third-order valence-corrected chi connectivity index (χ3v) is 3.77. The Kier molecular flexibility index (Phi) is 5.13. The predicted molar refractivity (Wildman–Crippen MR) is 61.9 cm³/mol. The zero-order valence-corrected chi connectivity index (χ0v) is 9.93. The minimum absolute atomic E-state index is 0.355. The zero-order valence-electron chi connectivity index (χ0n) is 9.93. The Hall–Kier alpha value is -0.530. The van der Waals surface area contributed by atoms with Gasteiger partial charge < -0.3 is 5.11 Å². The number of carboxylic acids is 1. The van der Waals surface area contributed by atoms with Gasteiger partial charge in [-0.1, -0.05) is 51.9 Å². The molecule has 0 bridgehead atoms. The summed E-state index contributed by atoms with van der Waals surface area (Å²) in [5.74, 6) is -0.543. The lowest BCUT2D eigenvalue weighted by atomic mass is 9.71. The third-order valence-electron chi connectivity index (χ3n) is 3.77. The fraction of sp³-hybridized carbons (Fsp3) is 0.923. The van der Waals surface area contributed by atoms with Crippen molar-refractivity contribution in [3.63, 3.8) is 0 Å². The standard InChI is InChI=1S/C13H24O2/c1-2-3-4-6-9-13(12(14)15)10-7-5-8-11-13/h2-11H2,1H3,(H,14,15). The van der Waals surface area contributed by atoms with E-state index in [0.29, 0.717) is 0 Å². The molecule has 1 N–H and O–H groups in total. The maximum atomic E-state index is 11.3. The van der Waals surface area contributed by atoms with Crippen LogP contribution in [0.3, 0.4) is 0 Å². The van der Waals surface area contributed by atoms with Gasteiger partial charge in [-0.15, -0.1) is 0 Å². The first-order chi connectivity index (χ1) is 7.21. The molecule has 0 radical (unpaired) electrons. The Bertz CT molecular complexity index is 193. The van der Waals surface area contributed by atoms with Gasteiger partial charge in [0.1, 0.15) is 0 Å². The Morgan fingerprint density at radius 2 is 1.80 bits per heavy atom. The van der Waals surface area contributed by atoms with Gasteiger partial charge in [-0.05, 0) is 19.3 Å². The second-order valence-electron chi connectivity index (χ2n) is 4.96. The monoisotopic (exact) mass is 212 g/mol. The zero-order chi connectivity index (χ0) is 11.1. The van der Waals surface area contributed by atoms with Crippen LogP contribution in [0.4, 0.5) is 0 Å². The molecule has 2 heteroatoms. The van der Waals surface area contributed by atoms with E-state index < -0.39 is 5.97 Å². The summed E-state index contributed by atoms with van der Waals surface area (Å²) in [6, 6.07) is 0. The maximum absolute atomic E-state index is 11.3. The molecule has 0 spiro atoms. The Morgan fingerprint density at radius 1 is 1.13 bits per heavy atom. The Balaban J connectivity index is 2.39. The van der Waals surface area contributed by atoms with Gasteiger partial charge in [-0.25, -0.2) is 0 Å². The molecule has 0 heterocycles. The van der Waals surface area contributed by atoms with Gasteiger partial charge in [0.15, 0.2) is 0 Å². The number of rotatable bonds is 6. The van der Waals surface area contributed by atoms with Gasteiger partial charge >= 0.3 is 5.97 Å². The molecule has 2 nitrogen and oxygen atoms in total. The largest absolute Gasteiger partial charge is 0.481 e. The average molecular weight is 212 g/mol. The summed E-state index contributed by atoms with van der Waals surface area (Å²) in [5.41, 5.74) is -0.355. The molecule has 88 valence electrons. The minimum atomic E-state index is -0.543. The van der Waals surface area contributed by atoms with Crippen LogP contribution >= 0.6 is 0 Å². The molecule has 0 amide bonds. The highest BCUT2D eigenvalue weighted by Gasteiger charge is 2.38. The van der Waals surface area contributed by atoms with E-state index in [4.69, 9.17) is 0 Å². The van der Waals surface area contributed by atoms with Crippen LogP contribution in [0.15, 0.2) is 0 Å². The highest BCUT2D eigenvalue weighted by atomic mass is 16.4. The molecule has 15 heavy (non-hydrogen) atoms. The average Bonchev–Trinajstić information content (AvgIpc) is 2.26. The molecule has 0 aromatic heterocycles. The van der Waals surface area contributed by atoms with Crippen molar-refractivity contribution >= 4 is 5.97 Å². The molecule has 0 aromatic rings. The van der Waals surface area contributed by atoms with Gasteiger partial charge in [-0.3, -0.25) is 4.79 Å². The summed E-state index contributed by atoms with van der Waals surface area (Å²) in [6.07, 6.45) is 10.9. The maximum Gasteiger partial charge on any atom is 0.309 e. The molecule has 0 atom stereocenters. The topological polar surface area (TPSA) is 37.3 Å². The van der Waals surface area contributed by atoms with Crippen LogP contribution in [-0.4, -0.2) is 11.1 Å². The van der Waals surface area contributed by atoms with Crippen LogP contribution in [-0.2, 0) is 4.79 Å². The lowest BCUT2D eigenvalue weighted by Gasteiger charge is -2.33. The smallest absolute Gasteiger partial charge is 0.309 e. The van der Waals surface area contributed by atoms with E-state index in [9.17, 15) is 9.90 Å². The molecule has 0 saturated heterocycles. The number of aliphatic carboxylic acids is 1. The molecule has 1 fully saturated rings. The number of carboxylic acid groups (broad SMARTS) is 1. The number of unbranched alkanes of at least 4 members (excludes halogenated alkanes) is 3. The molecular weight excluding hydrogens is 188 g/mol. The number of hydrogen-bond acceptors (Lipinski definition) is 1. The highest BCUT2D eigenvalue weighted by Crippen LogP contribution is 2.40. The summed E-state index contributed by atoms with van der Waals surface area (Å²) in [5, 5.41) is 9.35. The molecule has 0 aromatic carbocycles.